The first-order chi connectivity index (χ1) is 16.9. The molecule has 0 aliphatic heterocycles. The van der Waals surface area contributed by atoms with E-state index in [9.17, 15) is 24.3 Å². The zero-order valence-corrected chi connectivity index (χ0v) is 20.1. The first-order valence-corrected chi connectivity index (χ1v) is 12.3. The van der Waals surface area contributed by atoms with E-state index in [1.54, 1.807) is 0 Å². The van der Waals surface area contributed by atoms with Crippen LogP contribution in [-0.2, 0) is 23.9 Å². The number of hydrogen-bond donors (Lipinski definition) is 3. The molecule has 1 atom stereocenters. The number of methoxy groups -OCH3 is 1. The first kappa shape index (κ1) is 26.1. The number of fused-ring (bicyclic) bond motifs is 3. The van der Waals surface area contributed by atoms with Gasteiger partial charge < -0.3 is 25.2 Å². The Kier molecular flexibility index (Phi) is 9.54. The summed E-state index contributed by atoms with van der Waals surface area (Å²) in [5.41, 5.74) is 4.58. The Hall–Kier alpha value is -3.53. The second-order valence-electron chi connectivity index (χ2n) is 7.88. The van der Waals surface area contributed by atoms with Crippen molar-refractivity contribution in [3.8, 4) is 11.1 Å². The Balaban J connectivity index is 1.35. The summed E-state index contributed by atoms with van der Waals surface area (Å²) >= 11 is 1.24. The molecule has 0 saturated carbocycles. The SMILES string of the molecule is COC(=O)CC[C@@H](NC(=O)CSCCNC(=O)OCC1c2ccccc2-c2ccccc21)C(=O)O. The summed E-state index contributed by atoms with van der Waals surface area (Å²) in [6.45, 7) is 0.511. The molecule has 1 aliphatic rings. The fourth-order valence-corrected chi connectivity index (χ4v) is 4.56. The Bertz CT molecular complexity index is 1030. The van der Waals surface area contributed by atoms with Crippen molar-refractivity contribution in [2.24, 2.45) is 0 Å². The number of benzene rings is 2. The maximum Gasteiger partial charge on any atom is 0.407 e. The van der Waals surface area contributed by atoms with Crippen molar-refractivity contribution in [1.29, 1.82) is 0 Å². The Morgan fingerprint density at radius 3 is 2.26 bits per heavy atom. The molecule has 2 aromatic carbocycles. The monoisotopic (exact) mass is 500 g/mol. The summed E-state index contributed by atoms with van der Waals surface area (Å²) in [4.78, 5) is 46.6. The molecule has 3 N–H and O–H groups in total. The van der Waals surface area contributed by atoms with Crippen molar-refractivity contribution in [1.82, 2.24) is 10.6 Å². The van der Waals surface area contributed by atoms with Crippen LogP contribution < -0.4 is 10.6 Å². The molecule has 2 aromatic rings. The van der Waals surface area contributed by atoms with Gasteiger partial charge in [-0.3, -0.25) is 9.59 Å². The van der Waals surface area contributed by atoms with E-state index in [2.05, 4.69) is 27.5 Å². The van der Waals surface area contributed by atoms with Gasteiger partial charge in [0.05, 0.1) is 12.9 Å². The molecule has 10 heteroatoms. The van der Waals surface area contributed by atoms with Gasteiger partial charge in [-0.15, -0.1) is 0 Å². The van der Waals surface area contributed by atoms with E-state index in [-0.39, 0.29) is 31.1 Å². The summed E-state index contributed by atoms with van der Waals surface area (Å²) in [6.07, 6.45) is -0.696. The number of rotatable bonds is 12. The van der Waals surface area contributed by atoms with Crippen molar-refractivity contribution >= 4 is 35.7 Å². The first-order valence-electron chi connectivity index (χ1n) is 11.2. The lowest BCUT2D eigenvalue weighted by atomic mass is 9.98. The van der Waals surface area contributed by atoms with E-state index in [0.717, 1.165) is 22.3 Å². The molecule has 35 heavy (non-hydrogen) atoms. The van der Waals surface area contributed by atoms with Crippen molar-refractivity contribution < 1.29 is 33.8 Å². The van der Waals surface area contributed by atoms with Crippen LogP contribution in [0.15, 0.2) is 48.5 Å². The number of esters is 1. The maximum absolute atomic E-state index is 12.2. The smallest absolute Gasteiger partial charge is 0.407 e. The molecule has 0 unspecified atom stereocenters. The van der Waals surface area contributed by atoms with Gasteiger partial charge in [0.1, 0.15) is 12.6 Å². The quantitative estimate of drug-likeness (QED) is 0.300. The highest BCUT2D eigenvalue weighted by atomic mass is 32.2. The number of ether oxygens (including phenoxy) is 2. The fraction of sp³-hybridized carbons (Fsp3) is 0.360. The van der Waals surface area contributed by atoms with Gasteiger partial charge in [-0.1, -0.05) is 48.5 Å². The zero-order chi connectivity index (χ0) is 25.2. The number of carboxylic acid groups (broad SMARTS) is 1. The van der Waals surface area contributed by atoms with Gasteiger partial charge >= 0.3 is 18.0 Å². The lowest BCUT2D eigenvalue weighted by molar-refractivity contribution is -0.143. The van der Waals surface area contributed by atoms with E-state index >= 15 is 0 Å². The molecule has 0 aromatic heterocycles. The number of thioether (sulfide) groups is 1. The normalized spacial score (nSPS) is 12.7. The minimum atomic E-state index is -1.22. The van der Waals surface area contributed by atoms with E-state index in [1.807, 2.05) is 36.4 Å². The molecule has 0 bridgehead atoms. The summed E-state index contributed by atoms with van der Waals surface area (Å²) in [5, 5.41) is 14.2. The molecule has 0 radical (unpaired) electrons. The average Bonchev–Trinajstić information content (AvgIpc) is 3.18. The number of carboxylic acids is 1. The molecule has 0 heterocycles. The molecule has 3 rings (SSSR count). The van der Waals surface area contributed by atoms with Gasteiger partial charge in [0.15, 0.2) is 0 Å². The molecule has 0 spiro atoms. The number of nitrogens with one attached hydrogen (secondary N) is 2. The lowest BCUT2D eigenvalue weighted by Crippen LogP contribution is -2.42. The van der Waals surface area contributed by atoms with Gasteiger partial charge in [0.2, 0.25) is 5.91 Å². The van der Waals surface area contributed by atoms with E-state index < -0.39 is 30.0 Å². The van der Waals surface area contributed by atoms with Gasteiger partial charge in [0.25, 0.3) is 0 Å². The molecule has 2 amide bonds. The topological polar surface area (TPSA) is 131 Å². The number of amides is 2. The van der Waals surface area contributed by atoms with E-state index in [4.69, 9.17) is 4.74 Å². The van der Waals surface area contributed by atoms with Gasteiger partial charge in [0, 0.05) is 24.6 Å². The Labute approximate surface area is 207 Å². The second kappa shape index (κ2) is 12.8. The highest BCUT2D eigenvalue weighted by molar-refractivity contribution is 7.99. The van der Waals surface area contributed by atoms with E-state index in [1.165, 1.54) is 18.9 Å². The minimum Gasteiger partial charge on any atom is -0.480 e. The van der Waals surface area contributed by atoms with Crippen LogP contribution in [0.2, 0.25) is 0 Å². The number of carbonyl (C=O) groups excluding carboxylic acids is 3. The second-order valence-corrected chi connectivity index (χ2v) is 8.98. The standard InChI is InChI=1S/C25H28N2O7S/c1-33-23(29)11-10-21(24(30)31)27-22(28)15-35-13-12-26-25(32)34-14-20-18-8-4-2-6-16(18)17-7-3-5-9-19(17)20/h2-9,20-21H,10-15H2,1H3,(H,26,32)(H,27,28)(H,30,31)/t21-/m1/s1. The Morgan fingerprint density at radius 2 is 1.66 bits per heavy atom. The summed E-state index contributed by atoms with van der Waals surface area (Å²) < 4.78 is 9.94. The van der Waals surface area contributed by atoms with Crippen LogP contribution in [-0.4, -0.2) is 66.9 Å². The number of carbonyl (C=O) groups is 4. The summed E-state index contributed by atoms with van der Waals surface area (Å²) in [5.74, 6) is -1.78. The third kappa shape index (κ3) is 7.22. The largest absolute Gasteiger partial charge is 0.480 e. The van der Waals surface area contributed by atoms with Gasteiger partial charge in [-0.05, 0) is 28.7 Å². The van der Waals surface area contributed by atoms with Gasteiger partial charge in [-0.25, -0.2) is 9.59 Å². The molecule has 0 saturated heterocycles. The fourth-order valence-electron chi connectivity index (χ4n) is 3.90. The lowest BCUT2D eigenvalue weighted by Gasteiger charge is -2.15. The predicted octanol–water partition coefficient (Wildman–Crippen LogP) is 2.78. The van der Waals surface area contributed by atoms with Crippen LogP contribution in [0.4, 0.5) is 4.79 Å². The van der Waals surface area contributed by atoms with Crippen molar-refractivity contribution in [3.05, 3.63) is 59.7 Å². The third-order valence-corrected chi connectivity index (χ3v) is 6.55. The van der Waals surface area contributed by atoms with Crippen LogP contribution >= 0.6 is 11.8 Å². The molecule has 186 valence electrons. The summed E-state index contributed by atoms with van der Waals surface area (Å²) in [7, 11) is 1.21. The Morgan fingerprint density at radius 1 is 1.03 bits per heavy atom. The minimum absolute atomic E-state index is 0.0208. The van der Waals surface area contributed by atoms with Crippen molar-refractivity contribution in [2.75, 3.05) is 31.8 Å². The molecule has 1 aliphatic carbocycles. The number of hydrogen-bond acceptors (Lipinski definition) is 7. The zero-order valence-electron chi connectivity index (χ0n) is 19.3. The van der Waals surface area contributed by atoms with Crippen LogP contribution in [0.5, 0.6) is 0 Å². The molecular formula is C25H28N2O7S. The molecule has 0 fully saturated rings. The van der Waals surface area contributed by atoms with Crippen molar-refractivity contribution in [2.45, 2.75) is 24.8 Å². The number of aliphatic carboxylic acids is 1. The molecule has 9 nitrogen and oxygen atoms in total. The predicted molar refractivity (Wildman–Crippen MR) is 131 cm³/mol. The molecular weight excluding hydrogens is 472 g/mol. The van der Waals surface area contributed by atoms with Crippen LogP contribution in [0.3, 0.4) is 0 Å². The highest BCUT2D eigenvalue weighted by Crippen LogP contribution is 2.44. The van der Waals surface area contributed by atoms with Crippen LogP contribution in [0.25, 0.3) is 11.1 Å². The number of alkyl carbamates (subject to hydrolysis) is 1. The third-order valence-electron chi connectivity index (χ3n) is 5.59. The van der Waals surface area contributed by atoms with Crippen LogP contribution in [0, 0.1) is 0 Å². The average molecular weight is 501 g/mol. The maximum atomic E-state index is 12.2. The van der Waals surface area contributed by atoms with Crippen molar-refractivity contribution in [3.63, 3.8) is 0 Å². The van der Waals surface area contributed by atoms with Crippen LogP contribution in [0.1, 0.15) is 29.9 Å². The van der Waals surface area contributed by atoms with Gasteiger partial charge in [-0.2, -0.15) is 11.8 Å². The summed E-state index contributed by atoms with van der Waals surface area (Å²) in [6, 6.07) is 15.0. The van der Waals surface area contributed by atoms with E-state index in [0.29, 0.717) is 12.3 Å². The highest BCUT2D eigenvalue weighted by Gasteiger charge is 2.29.